The largest absolute Gasteiger partial charge is 0.454 e. The van der Waals surface area contributed by atoms with Crippen molar-refractivity contribution in [1.29, 1.82) is 0 Å². The van der Waals surface area contributed by atoms with Crippen molar-refractivity contribution in [3.63, 3.8) is 0 Å². The van der Waals surface area contributed by atoms with Crippen LogP contribution < -0.4 is 19.7 Å². The Bertz CT molecular complexity index is 1800. The van der Waals surface area contributed by atoms with Crippen molar-refractivity contribution in [3.8, 4) is 22.8 Å². The fourth-order valence-electron chi connectivity index (χ4n) is 5.57. The molecular formula is C36H34N6O3S. The number of nitrogens with one attached hydrogen (secondary N) is 1. The summed E-state index contributed by atoms with van der Waals surface area (Å²) in [6.07, 6.45) is 3.48. The van der Waals surface area contributed by atoms with Crippen LogP contribution in [0.4, 0.5) is 5.82 Å². The number of anilines is 1. The normalized spacial score (nSPS) is 14.3. The molecule has 2 aliphatic heterocycles. The SMILES string of the molecule is O=C(NCc1cccnc1)c1cccc(CSc2nc(-c3ccccc3)cc(N3CCN(Cc4ccc5c(c4)OCO5)CC3)n2)c1. The second-order valence-corrected chi connectivity index (χ2v) is 12.2. The molecule has 0 bridgehead atoms. The third-order valence-electron chi connectivity index (χ3n) is 8.03. The summed E-state index contributed by atoms with van der Waals surface area (Å²) >= 11 is 1.58. The van der Waals surface area contributed by atoms with Gasteiger partial charge in [0, 0.05) is 74.6 Å². The smallest absolute Gasteiger partial charge is 0.251 e. The first-order valence-electron chi connectivity index (χ1n) is 15.4. The number of rotatable bonds is 10. The Morgan fingerprint density at radius 3 is 2.50 bits per heavy atom. The first-order valence-corrected chi connectivity index (χ1v) is 16.3. The maximum atomic E-state index is 12.9. The zero-order valence-electron chi connectivity index (χ0n) is 25.3. The number of thioether (sulfide) groups is 1. The molecule has 0 aliphatic carbocycles. The number of carbonyl (C=O) groups is 1. The molecule has 0 atom stereocenters. The summed E-state index contributed by atoms with van der Waals surface area (Å²) in [6, 6.07) is 30.1. The molecule has 7 rings (SSSR count). The summed E-state index contributed by atoms with van der Waals surface area (Å²) in [5, 5.41) is 3.70. The van der Waals surface area contributed by atoms with Crippen molar-refractivity contribution in [2.75, 3.05) is 37.9 Å². The molecule has 232 valence electrons. The van der Waals surface area contributed by atoms with Crippen molar-refractivity contribution < 1.29 is 14.3 Å². The second kappa shape index (κ2) is 14.0. The lowest BCUT2D eigenvalue weighted by Crippen LogP contribution is -2.46. The van der Waals surface area contributed by atoms with Gasteiger partial charge in [-0.05, 0) is 47.0 Å². The summed E-state index contributed by atoms with van der Waals surface area (Å²) in [5.41, 5.74) is 5.80. The van der Waals surface area contributed by atoms with E-state index in [1.807, 2.05) is 60.7 Å². The van der Waals surface area contributed by atoms with Gasteiger partial charge in [-0.2, -0.15) is 0 Å². The van der Waals surface area contributed by atoms with Gasteiger partial charge in [0.05, 0.1) is 5.69 Å². The fourth-order valence-corrected chi connectivity index (χ4v) is 6.36. The predicted molar refractivity (Wildman–Crippen MR) is 179 cm³/mol. The second-order valence-electron chi connectivity index (χ2n) is 11.2. The third-order valence-corrected chi connectivity index (χ3v) is 8.95. The molecule has 1 amide bonds. The number of nitrogens with zero attached hydrogens (tertiary/aromatic N) is 5. The highest BCUT2D eigenvalue weighted by Crippen LogP contribution is 2.33. The van der Waals surface area contributed by atoms with E-state index in [1.54, 1.807) is 24.2 Å². The van der Waals surface area contributed by atoms with E-state index in [4.69, 9.17) is 19.4 Å². The van der Waals surface area contributed by atoms with Crippen molar-refractivity contribution >= 4 is 23.5 Å². The molecule has 0 radical (unpaired) electrons. The molecule has 0 unspecified atom stereocenters. The zero-order valence-corrected chi connectivity index (χ0v) is 26.2. The van der Waals surface area contributed by atoms with Crippen LogP contribution >= 0.6 is 11.8 Å². The van der Waals surface area contributed by atoms with E-state index in [2.05, 4.69) is 50.4 Å². The monoisotopic (exact) mass is 630 g/mol. The molecule has 1 fully saturated rings. The molecular weight excluding hydrogens is 597 g/mol. The fraction of sp³-hybridized carbons (Fsp3) is 0.222. The van der Waals surface area contributed by atoms with Crippen LogP contribution in [-0.2, 0) is 18.8 Å². The molecule has 1 saturated heterocycles. The number of fused-ring (bicyclic) bond motifs is 1. The molecule has 2 aromatic heterocycles. The highest BCUT2D eigenvalue weighted by atomic mass is 32.2. The van der Waals surface area contributed by atoms with Gasteiger partial charge < -0.3 is 19.7 Å². The van der Waals surface area contributed by atoms with Crippen molar-refractivity contribution in [2.45, 2.75) is 24.0 Å². The van der Waals surface area contributed by atoms with E-state index in [1.165, 1.54) is 5.56 Å². The van der Waals surface area contributed by atoms with E-state index in [0.717, 1.165) is 72.4 Å². The standard InChI is InChI=1S/C36H34N6O3S/c43-35(38-22-28-7-5-13-37-21-28)30-10-4-6-27(18-30)24-46-36-39-31(29-8-2-1-3-9-29)20-34(40-36)42-16-14-41(15-17-42)23-26-11-12-32-33(19-26)45-25-44-32/h1-13,18-21H,14-17,22-25H2,(H,38,43). The molecule has 9 nitrogen and oxygen atoms in total. The Balaban J connectivity index is 1.02. The summed E-state index contributed by atoms with van der Waals surface area (Å²) in [6.45, 7) is 5.19. The number of hydrogen-bond acceptors (Lipinski definition) is 9. The topological polar surface area (TPSA) is 92.7 Å². The molecule has 3 aromatic carbocycles. The van der Waals surface area contributed by atoms with Crippen LogP contribution in [0.3, 0.4) is 0 Å². The minimum Gasteiger partial charge on any atom is -0.454 e. The molecule has 1 N–H and O–H groups in total. The maximum absolute atomic E-state index is 12.9. The Hall–Kier alpha value is -4.93. The maximum Gasteiger partial charge on any atom is 0.251 e. The van der Waals surface area contributed by atoms with Crippen LogP contribution in [0, 0.1) is 0 Å². The van der Waals surface area contributed by atoms with Crippen LogP contribution in [0.1, 0.15) is 27.0 Å². The Morgan fingerprint density at radius 1 is 0.804 bits per heavy atom. The molecule has 4 heterocycles. The predicted octanol–water partition coefficient (Wildman–Crippen LogP) is 5.81. The number of amides is 1. The minimum atomic E-state index is -0.113. The lowest BCUT2D eigenvalue weighted by molar-refractivity contribution is 0.0950. The van der Waals surface area contributed by atoms with Gasteiger partial charge in [-0.25, -0.2) is 9.97 Å². The lowest BCUT2D eigenvalue weighted by Gasteiger charge is -2.35. The lowest BCUT2D eigenvalue weighted by atomic mass is 10.1. The van der Waals surface area contributed by atoms with Crippen LogP contribution in [0.15, 0.2) is 109 Å². The number of aromatic nitrogens is 3. The van der Waals surface area contributed by atoms with Gasteiger partial charge >= 0.3 is 0 Å². The van der Waals surface area contributed by atoms with Gasteiger partial charge in [-0.15, -0.1) is 0 Å². The summed E-state index contributed by atoms with van der Waals surface area (Å²) in [5.74, 6) is 3.10. The number of ether oxygens (including phenoxy) is 2. The van der Waals surface area contributed by atoms with Gasteiger partial charge in [0.2, 0.25) is 6.79 Å². The highest BCUT2D eigenvalue weighted by molar-refractivity contribution is 7.98. The van der Waals surface area contributed by atoms with Gasteiger partial charge in [-0.3, -0.25) is 14.7 Å². The molecule has 46 heavy (non-hydrogen) atoms. The number of carbonyl (C=O) groups excluding carboxylic acids is 1. The molecule has 0 saturated carbocycles. The number of pyridine rings is 1. The summed E-state index contributed by atoms with van der Waals surface area (Å²) in [4.78, 5) is 31.7. The first-order chi connectivity index (χ1) is 22.7. The Kier molecular flexibility index (Phi) is 9.07. The Labute approximate surface area is 272 Å². The first kappa shape index (κ1) is 29.8. The molecule has 5 aromatic rings. The Morgan fingerprint density at radius 2 is 1.65 bits per heavy atom. The molecule has 10 heteroatoms. The van der Waals surface area contributed by atoms with Crippen molar-refractivity contribution in [2.24, 2.45) is 0 Å². The quantitative estimate of drug-likeness (QED) is 0.152. The van der Waals surface area contributed by atoms with Crippen LogP contribution in [-0.4, -0.2) is 58.7 Å². The molecule has 2 aliphatic rings. The van der Waals surface area contributed by atoms with Gasteiger partial charge in [0.1, 0.15) is 5.82 Å². The highest BCUT2D eigenvalue weighted by Gasteiger charge is 2.21. The van der Waals surface area contributed by atoms with Gasteiger partial charge in [0.25, 0.3) is 5.91 Å². The summed E-state index contributed by atoms with van der Waals surface area (Å²) < 4.78 is 11.0. The van der Waals surface area contributed by atoms with Gasteiger partial charge in [0.15, 0.2) is 16.7 Å². The number of benzene rings is 3. The van der Waals surface area contributed by atoms with Crippen LogP contribution in [0.2, 0.25) is 0 Å². The number of hydrogen-bond donors (Lipinski definition) is 1. The molecule has 0 spiro atoms. The van der Waals surface area contributed by atoms with Crippen LogP contribution in [0.5, 0.6) is 11.5 Å². The third kappa shape index (κ3) is 7.30. The summed E-state index contributed by atoms with van der Waals surface area (Å²) in [7, 11) is 0. The van der Waals surface area contributed by atoms with E-state index in [-0.39, 0.29) is 5.91 Å². The van der Waals surface area contributed by atoms with E-state index >= 15 is 0 Å². The van der Waals surface area contributed by atoms with Crippen molar-refractivity contribution in [1.82, 2.24) is 25.2 Å². The van der Waals surface area contributed by atoms with Crippen LogP contribution in [0.25, 0.3) is 11.3 Å². The zero-order chi connectivity index (χ0) is 31.1. The minimum absolute atomic E-state index is 0.113. The van der Waals surface area contributed by atoms with Crippen molar-refractivity contribution in [3.05, 3.63) is 126 Å². The average molecular weight is 631 g/mol. The van der Waals surface area contributed by atoms with E-state index in [9.17, 15) is 4.79 Å². The van der Waals surface area contributed by atoms with E-state index in [0.29, 0.717) is 29.8 Å². The van der Waals surface area contributed by atoms with Gasteiger partial charge in [-0.1, -0.05) is 66.4 Å². The average Bonchev–Trinajstić information content (AvgIpc) is 3.59. The number of piperazine rings is 1. The van der Waals surface area contributed by atoms with E-state index < -0.39 is 0 Å².